The van der Waals surface area contributed by atoms with Crippen LogP contribution in [0.1, 0.15) is 6.42 Å². The molecule has 24 heavy (non-hydrogen) atoms. The number of carboxylic acids is 1. The maximum Gasteiger partial charge on any atom is 0.305 e. The molecule has 5 nitrogen and oxygen atoms in total. The third kappa shape index (κ3) is 4.13. The first-order valence-corrected chi connectivity index (χ1v) is 9.25. The van der Waals surface area contributed by atoms with E-state index >= 15 is 0 Å². The highest BCUT2D eigenvalue weighted by Crippen LogP contribution is 2.35. The van der Waals surface area contributed by atoms with E-state index in [2.05, 4.69) is 0 Å². The molecule has 0 aromatic heterocycles. The first-order valence-electron chi connectivity index (χ1n) is 6.67. The van der Waals surface area contributed by atoms with Gasteiger partial charge in [-0.05, 0) is 36.4 Å². The lowest BCUT2D eigenvalue weighted by Crippen LogP contribution is -2.33. The van der Waals surface area contributed by atoms with E-state index in [4.69, 9.17) is 39.9 Å². The van der Waals surface area contributed by atoms with E-state index in [1.807, 2.05) is 0 Å². The van der Waals surface area contributed by atoms with E-state index in [1.54, 1.807) is 0 Å². The zero-order valence-electron chi connectivity index (χ0n) is 12.1. The van der Waals surface area contributed by atoms with Crippen LogP contribution in [-0.4, -0.2) is 26.0 Å². The summed E-state index contributed by atoms with van der Waals surface area (Å²) in [6.07, 6.45) is -0.393. The molecule has 0 saturated heterocycles. The fraction of sp³-hybridized carbons (Fsp3) is 0.133. The molecule has 0 aliphatic carbocycles. The molecule has 0 fully saturated rings. The Morgan fingerprint density at radius 2 is 1.67 bits per heavy atom. The van der Waals surface area contributed by atoms with Crippen LogP contribution in [0, 0.1) is 0 Å². The summed E-state index contributed by atoms with van der Waals surface area (Å²) in [5.41, 5.74) is 0.111. The van der Waals surface area contributed by atoms with Crippen molar-refractivity contribution in [2.45, 2.75) is 11.3 Å². The van der Waals surface area contributed by atoms with Crippen LogP contribution >= 0.6 is 34.8 Å². The summed E-state index contributed by atoms with van der Waals surface area (Å²) in [6.45, 7) is -0.291. The fourth-order valence-electron chi connectivity index (χ4n) is 1.99. The molecule has 0 heterocycles. The highest BCUT2D eigenvalue weighted by Gasteiger charge is 2.27. The number of carbonyl (C=O) groups is 1. The van der Waals surface area contributed by atoms with Gasteiger partial charge >= 0.3 is 5.97 Å². The van der Waals surface area contributed by atoms with Crippen LogP contribution in [0.4, 0.5) is 5.69 Å². The molecule has 0 bridgehead atoms. The van der Waals surface area contributed by atoms with Gasteiger partial charge in [0.05, 0.1) is 27.0 Å². The van der Waals surface area contributed by atoms with E-state index in [9.17, 15) is 13.2 Å². The second kappa shape index (κ2) is 7.61. The molecule has 2 aromatic rings. The van der Waals surface area contributed by atoms with Crippen molar-refractivity contribution in [3.05, 3.63) is 57.5 Å². The zero-order chi connectivity index (χ0) is 17.9. The molecule has 0 aliphatic heterocycles. The number of hydrogen-bond acceptors (Lipinski definition) is 3. The molecular formula is C15H12Cl3NO4S. The summed E-state index contributed by atoms with van der Waals surface area (Å²) in [5.74, 6) is -1.13. The lowest BCUT2D eigenvalue weighted by atomic mass is 10.3. The van der Waals surface area contributed by atoms with E-state index in [0.29, 0.717) is 5.02 Å². The second-order valence-corrected chi connectivity index (χ2v) is 7.83. The minimum atomic E-state index is -4.04. The SMILES string of the molecule is O=C(O)CCN(c1cccc(Cl)c1Cl)S(=O)(=O)c1ccc(Cl)cc1. The van der Waals surface area contributed by atoms with Crippen molar-refractivity contribution in [1.82, 2.24) is 0 Å². The first kappa shape index (κ1) is 18.9. The molecular weight excluding hydrogens is 397 g/mol. The quantitative estimate of drug-likeness (QED) is 0.772. The number of anilines is 1. The molecule has 0 aliphatic rings. The van der Waals surface area contributed by atoms with E-state index in [-0.39, 0.29) is 27.2 Å². The van der Waals surface area contributed by atoms with Crippen molar-refractivity contribution in [3.8, 4) is 0 Å². The normalized spacial score (nSPS) is 11.3. The summed E-state index contributed by atoms with van der Waals surface area (Å²) >= 11 is 17.8. The summed E-state index contributed by atoms with van der Waals surface area (Å²) in [4.78, 5) is 10.9. The zero-order valence-corrected chi connectivity index (χ0v) is 15.2. The van der Waals surface area contributed by atoms with Crippen molar-refractivity contribution in [2.24, 2.45) is 0 Å². The molecule has 0 saturated carbocycles. The average Bonchev–Trinajstić information content (AvgIpc) is 2.51. The van der Waals surface area contributed by atoms with Gasteiger partial charge in [0.2, 0.25) is 0 Å². The molecule has 0 amide bonds. The van der Waals surface area contributed by atoms with Gasteiger partial charge in [-0.2, -0.15) is 0 Å². The Morgan fingerprint density at radius 3 is 2.25 bits per heavy atom. The minimum Gasteiger partial charge on any atom is -0.481 e. The van der Waals surface area contributed by atoms with Crippen LogP contribution in [0.5, 0.6) is 0 Å². The van der Waals surface area contributed by atoms with Gasteiger partial charge in [0.1, 0.15) is 0 Å². The van der Waals surface area contributed by atoms with Crippen LogP contribution in [0.25, 0.3) is 0 Å². The van der Waals surface area contributed by atoms with Gasteiger partial charge in [-0.25, -0.2) is 8.42 Å². The van der Waals surface area contributed by atoms with Gasteiger partial charge in [0.25, 0.3) is 10.0 Å². The van der Waals surface area contributed by atoms with Gasteiger partial charge in [-0.15, -0.1) is 0 Å². The number of benzene rings is 2. The average molecular weight is 409 g/mol. The van der Waals surface area contributed by atoms with Crippen LogP contribution in [0.2, 0.25) is 15.1 Å². The Kier molecular flexibility index (Phi) is 5.98. The lowest BCUT2D eigenvalue weighted by molar-refractivity contribution is -0.136. The maximum absolute atomic E-state index is 12.9. The molecule has 2 aromatic carbocycles. The molecule has 128 valence electrons. The Bertz CT molecular complexity index is 854. The van der Waals surface area contributed by atoms with E-state index < -0.39 is 22.4 Å². The Morgan fingerprint density at radius 1 is 1.04 bits per heavy atom. The number of carboxylic acid groups (broad SMARTS) is 1. The molecule has 0 spiro atoms. The molecule has 0 atom stereocenters. The highest BCUT2D eigenvalue weighted by molar-refractivity contribution is 7.92. The standard InChI is InChI=1S/C15H12Cl3NO4S/c16-10-4-6-11(7-5-10)24(22,23)19(9-8-14(20)21)13-3-1-2-12(17)15(13)18/h1-7H,8-9H2,(H,20,21). The Labute approximate surface area is 154 Å². The van der Waals surface area contributed by atoms with Crippen LogP contribution < -0.4 is 4.31 Å². The topological polar surface area (TPSA) is 74.7 Å². The molecule has 2 rings (SSSR count). The van der Waals surface area contributed by atoms with Crippen molar-refractivity contribution in [1.29, 1.82) is 0 Å². The third-order valence-electron chi connectivity index (χ3n) is 3.13. The van der Waals surface area contributed by atoms with Crippen molar-refractivity contribution < 1.29 is 18.3 Å². The molecule has 0 unspecified atom stereocenters. The van der Waals surface area contributed by atoms with Crippen LogP contribution in [0.3, 0.4) is 0 Å². The summed E-state index contributed by atoms with van der Waals surface area (Å²) < 4.78 is 26.7. The van der Waals surface area contributed by atoms with Gasteiger partial charge < -0.3 is 5.11 Å². The van der Waals surface area contributed by atoms with E-state index in [0.717, 1.165) is 4.31 Å². The van der Waals surface area contributed by atoms with Gasteiger partial charge in [-0.1, -0.05) is 40.9 Å². The first-order chi connectivity index (χ1) is 11.2. The summed E-state index contributed by atoms with van der Waals surface area (Å²) in [5, 5.41) is 9.49. The Balaban J connectivity index is 2.55. The number of hydrogen-bond donors (Lipinski definition) is 1. The monoisotopic (exact) mass is 407 g/mol. The third-order valence-corrected chi connectivity index (χ3v) is 6.02. The van der Waals surface area contributed by atoms with Crippen LogP contribution in [-0.2, 0) is 14.8 Å². The second-order valence-electron chi connectivity index (χ2n) is 4.75. The van der Waals surface area contributed by atoms with Crippen LogP contribution in [0.15, 0.2) is 47.4 Å². The Hall–Kier alpha value is -1.47. The van der Waals surface area contributed by atoms with Crippen molar-refractivity contribution >= 4 is 56.5 Å². The minimum absolute atomic E-state index is 0.0297. The van der Waals surface area contributed by atoms with Crippen molar-refractivity contribution in [3.63, 3.8) is 0 Å². The smallest absolute Gasteiger partial charge is 0.305 e. The summed E-state index contributed by atoms with van der Waals surface area (Å²) in [6, 6.07) is 10.1. The van der Waals surface area contributed by atoms with Crippen molar-refractivity contribution in [2.75, 3.05) is 10.8 Å². The molecule has 9 heteroatoms. The lowest BCUT2D eigenvalue weighted by Gasteiger charge is -2.25. The predicted molar refractivity (Wildman–Crippen MR) is 94.7 cm³/mol. The fourth-order valence-corrected chi connectivity index (χ4v) is 4.04. The number of nitrogens with zero attached hydrogens (tertiary/aromatic N) is 1. The number of sulfonamides is 1. The molecule has 0 radical (unpaired) electrons. The van der Waals surface area contributed by atoms with Gasteiger partial charge in [0, 0.05) is 11.6 Å². The number of rotatable bonds is 6. The summed E-state index contributed by atoms with van der Waals surface area (Å²) in [7, 11) is -4.04. The number of aliphatic carboxylic acids is 1. The number of halogens is 3. The largest absolute Gasteiger partial charge is 0.481 e. The predicted octanol–water partition coefficient (Wildman–Crippen LogP) is 4.32. The maximum atomic E-state index is 12.9. The highest BCUT2D eigenvalue weighted by atomic mass is 35.5. The van der Waals surface area contributed by atoms with Gasteiger partial charge in [-0.3, -0.25) is 9.10 Å². The molecule has 1 N–H and O–H groups in total. The van der Waals surface area contributed by atoms with E-state index in [1.165, 1.54) is 42.5 Å². The van der Waals surface area contributed by atoms with Gasteiger partial charge in [0.15, 0.2) is 0 Å².